The molecule has 2 aromatic carbocycles. The second kappa shape index (κ2) is 4.72. The van der Waals surface area contributed by atoms with E-state index in [1.807, 2.05) is 0 Å². The van der Waals surface area contributed by atoms with Crippen LogP contribution in [0.2, 0.25) is 0 Å². The maximum atomic E-state index is 14.4. The summed E-state index contributed by atoms with van der Waals surface area (Å²) < 4.78 is 15.4. The second-order valence-corrected chi connectivity index (χ2v) is 5.66. The number of benzene rings is 2. The summed E-state index contributed by atoms with van der Waals surface area (Å²) in [6.07, 6.45) is -0.728. The predicted octanol–water partition coefficient (Wildman–Crippen LogP) is 1.55. The number of carbonyl (C=O) groups is 1. The van der Waals surface area contributed by atoms with E-state index in [2.05, 4.69) is 4.98 Å². The van der Waals surface area contributed by atoms with Gasteiger partial charge in [-0.15, -0.1) is 0 Å². The number of fused-ring (bicyclic) bond motifs is 4. The molecule has 24 heavy (non-hydrogen) atoms. The molecular weight excluding hydrogens is 315 g/mol. The number of aliphatic carboxylic acids is 1. The van der Waals surface area contributed by atoms with Crippen LogP contribution in [0.4, 0.5) is 4.39 Å². The van der Waals surface area contributed by atoms with Crippen LogP contribution in [0.5, 0.6) is 0 Å². The van der Waals surface area contributed by atoms with Gasteiger partial charge in [0.25, 0.3) is 5.56 Å². The molecule has 1 aliphatic heterocycles. The Morgan fingerprint density at radius 1 is 1.21 bits per heavy atom. The van der Waals surface area contributed by atoms with Crippen molar-refractivity contribution in [2.24, 2.45) is 0 Å². The van der Waals surface area contributed by atoms with Crippen LogP contribution in [0, 0.1) is 5.82 Å². The first kappa shape index (κ1) is 14.5. The number of nitrogens with zero attached hydrogens (tertiary/aromatic N) is 2. The maximum Gasteiger partial charge on any atom is 0.307 e. The van der Waals surface area contributed by atoms with E-state index >= 15 is 0 Å². The molecule has 1 aromatic heterocycles. The fourth-order valence-electron chi connectivity index (χ4n) is 3.21. The minimum absolute atomic E-state index is 0.0183. The minimum Gasteiger partial charge on any atom is -0.481 e. The number of rotatable bonds is 2. The van der Waals surface area contributed by atoms with Gasteiger partial charge in [-0.3, -0.25) is 14.2 Å². The van der Waals surface area contributed by atoms with Gasteiger partial charge in [0, 0.05) is 5.56 Å². The normalized spacial score (nSPS) is 18.4. The van der Waals surface area contributed by atoms with Crippen molar-refractivity contribution in [1.82, 2.24) is 9.55 Å². The van der Waals surface area contributed by atoms with Crippen molar-refractivity contribution in [1.29, 1.82) is 0 Å². The number of aromatic nitrogens is 2. The van der Waals surface area contributed by atoms with Crippen LogP contribution in [-0.4, -0.2) is 25.7 Å². The van der Waals surface area contributed by atoms with Gasteiger partial charge in [-0.25, -0.2) is 9.37 Å². The summed E-state index contributed by atoms with van der Waals surface area (Å²) in [4.78, 5) is 28.3. The molecule has 1 atom stereocenters. The highest BCUT2D eigenvalue weighted by Gasteiger charge is 2.47. The van der Waals surface area contributed by atoms with Crippen molar-refractivity contribution in [3.63, 3.8) is 0 Å². The number of aliphatic hydroxyl groups is 1. The molecule has 120 valence electrons. The fraction of sp³-hybridized carbons (Fsp3) is 0.118. The summed E-state index contributed by atoms with van der Waals surface area (Å²) in [7, 11) is 0. The molecule has 1 aliphatic rings. The molecular formula is C17H11FN2O4. The first-order valence-electron chi connectivity index (χ1n) is 7.19. The van der Waals surface area contributed by atoms with Crippen molar-refractivity contribution in [2.45, 2.75) is 12.0 Å². The number of halogens is 1. The molecule has 0 aliphatic carbocycles. The van der Waals surface area contributed by atoms with Crippen LogP contribution >= 0.6 is 0 Å². The van der Waals surface area contributed by atoms with Crippen LogP contribution in [0.15, 0.2) is 47.3 Å². The topological polar surface area (TPSA) is 92.4 Å². The third-order valence-corrected chi connectivity index (χ3v) is 4.21. The van der Waals surface area contributed by atoms with Gasteiger partial charge < -0.3 is 10.2 Å². The average Bonchev–Trinajstić information content (AvgIpc) is 2.78. The van der Waals surface area contributed by atoms with Gasteiger partial charge >= 0.3 is 5.97 Å². The molecule has 6 nitrogen and oxygen atoms in total. The molecule has 0 bridgehead atoms. The van der Waals surface area contributed by atoms with Crippen molar-refractivity contribution >= 4 is 16.9 Å². The quantitative estimate of drug-likeness (QED) is 0.745. The summed E-state index contributed by atoms with van der Waals surface area (Å²) in [6.45, 7) is 0. The van der Waals surface area contributed by atoms with E-state index < -0.39 is 29.4 Å². The average molecular weight is 326 g/mol. The number of hydrogen-bond donors (Lipinski definition) is 2. The highest BCUT2D eigenvalue weighted by molar-refractivity contribution is 5.79. The van der Waals surface area contributed by atoms with Gasteiger partial charge in [-0.05, 0) is 18.2 Å². The molecule has 0 saturated heterocycles. The van der Waals surface area contributed by atoms with Gasteiger partial charge in [-0.1, -0.05) is 24.3 Å². The van der Waals surface area contributed by atoms with E-state index in [9.17, 15) is 24.2 Å². The fourth-order valence-corrected chi connectivity index (χ4v) is 3.21. The highest BCUT2D eigenvalue weighted by Crippen LogP contribution is 2.42. The molecule has 2 N–H and O–H groups in total. The number of hydrogen-bond acceptors (Lipinski definition) is 4. The summed E-state index contributed by atoms with van der Waals surface area (Å²) in [6, 6.07) is 10.4. The van der Waals surface area contributed by atoms with E-state index in [1.165, 1.54) is 12.1 Å². The van der Waals surface area contributed by atoms with E-state index in [-0.39, 0.29) is 22.5 Å². The molecule has 0 spiro atoms. The smallest absolute Gasteiger partial charge is 0.307 e. The summed E-state index contributed by atoms with van der Waals surface area (Å²) in [5, 5.41) is 20.4. The maximum absolute atomic E-state index is 14.4. The van der Waals surface area contributed by atoms with Gasteiger partial charge in [-0.2, -0.15) is 0 Å². The van der Waals surface area contributed by atoms with Gasteiger partial charge in [0.1, 0.15) is 5.82 Å². The molecule has 2 heterocycles. The van der Waals surface area contributed by atoms with E-state index in [1.54, 1.807) is 24.3 Å². The van der Waals surface area contributed by atoms with Crippen LogP contribution < -0.4 is 5.56 Å². The zero-order valence-corrected chi connectivity index (χ0v) is 12.2. The molecule has 0 saturated carbocycles. The Kier molecular flexibility index (Phi) is 2.86. The number of carboxylic acids is 1. The Labute approximate surface area is 134 Å². The monoisotopic (exact) mass is 326 g/mol. The lowest BCUT2D eigenvalue weighted by molar-refractivity contribution is -0.141. The Hall–Kier alpha value is -3.06. The standard InChI is InChI=1S/C17H11FN2O4/c18-11-6-3-5-10-14(11)20-15(23)9-4-1-2-7-12(9)19-16(20)17(10,24)8-13(21)22/h1-7,24H,8H2,(H,21,22)/t17-/m0/s1. The first-order valence-corrected chi connectivity index (χ1v) is 7.19. The van der Waals surface area contributed by atoms with Crippen molar-refractivity contribution < 1.29 is 19.4 Å². The largest absolute Gasteiger partial charge is 0.481 e. The number of para-hydroxylation sites is 2. The molecule has 4 rings (SSSR count). The SMILES string of the molecule is O=C(O)C[C@]1(O)c2cccc(F)c2-n2c1nc1ccccc1c2=O. The third-order valence-electron chi connectivity index (χ3n) is 4.21. The molecule has 0 amide bonds. The highest BCUT2D eigenvalue weighted by atomic mass is 19.1. The second-order valence-electron chi connectivity index (χ2n) is 5.66. The molecule has 0 unspecified atom stereocenters. The van der Waals surface area contributed by atoms with Crippen LogP contribution in [-0.2, 0) is 10.4 Å². The Morgan fingerprint density at radius 2 is 1.96 bits per heavy atom. The first-order chi connectivity index (χ1) is 11.4. The predicted molar refractivity (Wildman–Crippen MR) is 82.5 cm³/mol. The lowest BCUT2D eigenvalue weighted by Gasteiger charge is -2.21. The zero-order valence-electron chi connectivity index (χ0n) is 12.2. The summed E-state index contributed by atoms with van der Waals surface area (Å²) in [5.74, 6) is -2.20. The Bertz CT molecular complexity index is 1080. The molecule has 0 fully saturated rings. The lowest BCUT2D eigenvalue weighted by Crippen LogP contribution is -2.32. The minimum atomic E-state index is -2.08. The summed E-state index contributed by atoms with van der Waals surface area (Å²) in [5.41, 5.74) is -2.45. The lowest BCUT2D eigenvalue weighted by atomic mass is 9.91. The van der Waals surface area contributed by atoms with E-state index in [0.717, 1.165) is 10.6 Å². The van der Waals surface area contributed by atoms with Gasteiger partial charge in [0.15, 0.2) is 11.4 Å². The van der Waals surface area contributed by atoms with Crippen molar-refractivity contribution in [3.8, 4) is 5.69 Å². The van der Waals surface area contributed by atoms with Crippen LogP contribution in [0.3, 0.4) is 0 Å². The molecule has 7 heteroatoms. The Morgan fingerprint density at radius 3 is 2.71 bits per heavy atom. The number of carboxylic acid groups (broad SMARTS) is 1. The van der Waals surface area contributed by atoms with Gasteiger partial charge in [0.2, 0.25) is 0 Å². The third kappa shape index (κ3) is 1.75. The van der Waals surface area contributed by atoms with Crippen LogP contribution in [0.1, 0.15) is 17.8 Å². The molecule has 3 aromatic rings. The van der Waals surface area contributed by atoms with E-state index in [0.29, 0.717) is 5.52 Å². The van der Waals surface area contributed by atoms with Crippen LogP contribution in [0.25, 0.3) is 16.6 Å². The van der Waals surface area contributed by atoms with Crippen molar-refractivity contribution in [3.05, 3.63) is 70.0 Å². The molecule has 0 radical (unpaired) electrons. The zero-order chi connectivity index (χ0) is 17.1. The van der Waals surface area contributed by atoms with Gasteiger partial charge in [0.05, 0.1) is 23.0 Å². The Balaban J connectivity index is 2.19. The summed E-state index contributed by atoms with van der Waals surface area (Å²) >= 11 is 0. The van der Waals surface area contributed by atoms with Crippen molar-refractivity contribution in [2.75, 3.05) is 0 Å². The van der Waals surface area contributed by atoms with E-state index in [4.69, 9.17) is 0 Å².